The molecule has 6 nitrogen and oxygen atoms in total. The van der Waals surface area contributed by atoms with Gasteiger partial charge in [0.25, 0.3) is 0 Å². The molecule has 0 bridgehead atoms. The van der Waals surface area contributed by atoms with Crippen molar-refractivity contribution < 1.29 is 9.18 Å². The molecule has 0 saturated carbocycles. The summed E-state index contributed by atoms with van der Waals surface area (Å²) in [7, 11) is 0. The predicted molar refractivity (Wildman–Crippen MR) is 112 cm³/mol. The highest BCUT2D eigenvalue weighted by atomic mass is 32.2. The van der Waals surface area contributed by atoms with E-state index in [1.54, 1.807) is 31.2 Å². The first-order chi connectivity index (χ1) is 14.0. The summed E-state index contributed by atoms with van der Waals surface area (Å²) in [6.45, 7) is 3.61. The van der Waals surface area contributed by atoms with Crippen LogP contribution in [0, 0.1) is 19.7 Å². The van der Waals surface area contributed by atoms with Crippen LogP contribution in [0.15, 0.2) is 59.6 Å². The highest BCUT2D eigenvalue weighted by molar-refractivity contribution is 8.00. The quantitative estimate of drug-likeness (QED) is 0.394. The van der Waals surface area contributed by atoms with Gasteiger partial charge in [-0.05, 0) is 32.0 Å². The van der Waals surface area contributed by atoms with Crippen LogP contribution in [0.2, 0.25) is 0 Å². The Bertz CT molecular complexity index is 1210. The molecule has 0 fully saturated rings. The summed E-state index contributed by atoms with van der Waals surface area (Å²) in [5, 5.41) is 8.78. The first kappa shape index (κ1) is 19.1. The summed E-state index contributed by atoms with van der Waals surface area (Å²) in [6, 6.07) is 15.7. The summed E-state index contributed by atoms with van der Waals surface area (Å²) in [5.41, 5.74) is 1.80. The number of fused-ring (bicyclic) bond motifs is 1. The SMILES string of the molecule is Cc1cc(NC(=O)CSc2nc(C)nc3ccccc23)n(-c2ccccc2F)n1. The molecular formula is C21H18FN5OS. The molecule has 8 heteroatoms. The first-order valence-electron chi connectivity index (χ1n) is 8.99. The lowest BCUT2D eigenvalue weighted by atomic mass is 10.2. The molecule has 0 saturated heterocycles. The minimum atomic E-state index is -0.414. The van der Waals surface area contributed by atoms with E-state index in [2.05, 4.69) is 20.4 Å². The Kier molecular flexibility index (Phi) is 5.26. The van der Waals surface area contributed by atoms with E-state index in [9.17, 15) is 9.18 Å². The van der Waals surface area contributed by atoms with E-state index >= 15 is 0 Å². The van der Waals surface area contributed by atoms with Gasteiger partial charge in [-0.1, -0.05) is 42.1 Å². The normalized spacial score (nSPS) is 11.0. The van der Waals surface area contributed by atoms with Gasteiger partial charge in [-0.3, -0.25) is 4.79 Å². The molecule has 0 spiro atoms. The maximum atomic E-state index is 14.2. The van der Waals surface area contributed by atoms with E-state index in [1.165, 1.54) is 22.5 Å². The predicted octanol–water partition coefficient (Wildman–Crippen LogP) is 4.30. The lowest BCUT2D eigenvalue weighted by Gasteiger charge is -2.10. The van der Waals surface area contributed by atoms with Gasteiger partial charge < -0.3 is 5.32 Å². The molecule has 146 valence electrons. The molecule has 0 aliphatic rings. The lowest BCUT2D eigenvalue weighted by Crippen LogP contribution is -2.17. The van der Waals surface area contributed by atoms with Gasteiger partial charge in [0.1, 0.15) is 28.2 Å². The number of nitrogens with one attached hydrogen (secondary N) is 1. The van der Waals surface area contributed by atoms with Gasteiger partial charge in [-0.15, -0.1) is 0 Å². The highest BCUT2D eigenvalue weighted by Crippen LogP contribution is 2.26. The molecule has 2 aromatic carbocycles. The number of amides is 1. The third kappa shape index (κ3) is 4.12. The zero-order valence-corrected chi connectivity index (χ0v) is 16.7. The summed E-state index contributed by atoms with van der Waals surface area (Å²) in [6.07, 6.45) is 0. The van der Waals surface area contributed by atoms with E-state index in [0.29, 0.717) is 17.3 Å². The number of hydrogen-bond acceptors (Lipinski definition) is 5. The lowest BCUT2D eigenvalue weighted by molar-refractivity contribution is -0.113. The summed E-state index contributed by atoms with van der Waals surface area (Å²) >= 11 is 1.34. The molecule has 0 aliphatic carbocycles. The van der Waals surface area contributed by atoms with Crippen molar-refractivity contribution in [3.63, 3.8) is 0 Å². The number of aromatic nitrogens is 4. The molecule has 1 amide bonds. The van der Waals surface area contributed by atoms with E-state index in [4.69, 9.17) is 0 Å². The zero-order chi connectivity index (χ0) is 20.4. The van der Waals surface area contributed by atoms with Gasteiger partial charge in [-0.2, -0.15) is 5.10 Å². The van der Waals surface area contributed by atoms with Crippen molar-refractivity contribution in [1.29, 1.82) is 0 Å². The molecule has 2 heterocycles. The Labute approximate surface area is 171 Å². The first-order valence-corrected chi connectivity index (χ1v) is 9.97. The van der Waals surface area contributed by atoms with Crippen LogP contribution >= 0.6 is 11.8 Å². The third-order valence-corrected chi connectivity index (χ3v) is 5.19. The summed E-state index contributed by atoms with van der Waals surface area (Å²) < 4.78 is 15.6. The van der Waals surface area contributed by atoms with E-state index in [0.717, 1.165) is 15.9 Å². The second kappa shape index (κ2) is 8.00. The van der Waals surface area contributed by atoms with Crippen LogP contribution in [0.1, 0.15) is 11.5 Å². The topological polar surface area (TPSA) is 72.7 Å². The van der Waals surface area contributed by atoms with Crippen molar-refractivity contribution in [1.82, 2.24) is 19.7 Å². The van der Waals surface area contributed by atoms with Gasteiger partial charge in [-0.25, -0.2) is 19.0 Å². The van der Waals surface area contributed by atoms with E-state index in [1.807, 2.05) is 31.2 Å². The Morgan fingerprint density at radius 2 is 1.86 bits per heavy atom. The van der Waals surface area contributed by atoms with Gasteiger partial charge >= 0.3 is 0 Å². The Balaban J connectivity index is 1.53. The van der Waals surface area contributed by atoms with Gasteiger partial charge in [0.05, 0.1) is 17.0 Å². The Morgan fingerprint density at radius 3 is 2.69 bits per heavy atom. The molecule has 0 aliphatic heterocycles. The second-order valence-electron chi connectivity index (χ2n) is 6.46. The molecule has 1 N–H and O–H groups in total. The molecular weight excluding hydrogens is 389 g/mol. The maximum absolute atomic E-state index is 14.2. The van der Waals surface area contributed by atoms with Gasteiger partial charge in [0.15, 0.2) is 0 Å². The number of nitrogens with zero attached hydrogens (tertiary/aromatic N) is 4. The van der Waals surface area contributed by atoms with Gasteiger partial charge in [0.2, 0.25) is 5.91 Å². The molecule has 29 heavy (non-hydrogen) atoms. The number of aryl methyl sites for hydroxylation is 2. The van der Waals surface area contributed by atoms with Crippen LogP contribution in [0.4, 0.5) is 10.2 Å². The number of thioether (sulfide) groups is 1. The molecule has 0 unspecified atom stereocenters. The molecule has 4 rings (SSSR count). The van der Waals surface area contributed by atoms with Crippen molar-refractivity contribution >= 4 is 34.4 Å². The average Bonchev–Trinajstić information content (AvgIpc) is 3.06. The number of rotatable bonds is 5. The van der Waals surface area contributed by atoms with Crippen molar-refractivity contribution in [3.05, 3.63) is 71.9 Å². The molecule has 4 aromatic rings. The number of hydrogen-bond donors (Lipinski definition) is 1. The van der Waals surface area contributed by atoms with Crippen LogP contribution in [0.3, 0.4) is 0 Å². The maximum Gasteiger partial charge on any atom is 0.235 e. The largest absolute Gasteiger partial charge is 0.310 e. The van der Waals surface area contributed by atoms with Crippen molar-refractivity contribution in [2.45, 2.75) is 18.9 Å². The third-order valence-electron chi connectivity index (χ3n) is 4.20. The van der Waals surface area contributed by atoms with Gasteiger partial charge in [0, 0.05) is 11.5 Å². The van der Waals surface area contributed by atoms with Crippen molar-refractivity contribution in [2.75, 3.05) is 11.1 Å². The van der Waals surface area contributed by atoms with Crippen LogP contribution in [0.5, 0.6) is 0 Å². The van der Waals surface area contributed by atoms with Crippen molar-refractivity contribution in [3.8, 4) is 5.69 Å². The second-order valence-corrected chi connectivity index (χ2v) is 7.43. The Morgan fingerprint density at radius 1 is 1.10 bits per heavy atom. The minimum Gasteiger partial charge on any atom is -0.310 e. The molecule has 2 aromatic heterocycles. The number of benzene rings is 2. The molecule has 0 radical (unpaired) electrons. The Hall–Kier alpha value is -3.26. The van der Waals surface area contributed by atoms with E-state index < -0.39 is 5.82 Å². The van der Waals surface area contributed by atoms with Crippen LogP contribution in [-0.4, -0.2) is 31.4 Å². The fraction of sp³-hybridized carbons (Fsp3) is 0.143. The number of halogens is 1. The standard InChI is InChI=1S/C21H18FN5OS/c1-13-11-19(27(26-13)18-10-6-4-8-16(18)22)25-20(28)12-29-21-15-7-3-5-9-17(15)23-14(2)24-21/h3-11H,12H2,1-2H3,(H,25,28). The van der Waals surface area contributed by atoms with E-state index in [-0.39, 0.29) is 17.3 Å². The number of carbonyl (C=O) groups is 1. The fourth-order valence-corrected chi connectivity index (χ4v) is 3.84. The summed E-state index contributed by atoms with van der Waals surface area (Å²) in [4.78, 5) is 21.5. The van der Waals surface area contributed by atoms with Crippen LogP contribution in [-0.2, 0) is 4.79 Å². The number of carbonyl (C=O) groups excluding carboxylic acids is 1. The van der Waals surface area contributed by atoms with Crippen LogP contribution in [0.25, 0.3) is 16.6 Å². The average molecular weight is 407 g/mol. The summed E-state index contributed by atoms with van der Waals surface area (Å²) in [5.74, 6) is 0.583. The van der Waals surface area contributed by atoms with Crippen LogP contribution < -0.4 is 5.32 Å². The number of para-hydroxylation sites is 2. The van der Waals surface area contributed by atoms with Crippen molar-refractivity contribution in [2.24, 2.45) is 0 Å². The number of anilines is 1. The smallest absolute Gasteiger partial charge is 0.235 e. The zero-order valence-electron chi connectivity index (χ0n) is 15.9. The fourth-order valence-electron chi connectivity index (χ4n) is 2.98. The highest BCUT2D eigenvalue weighted by Gasteiger charge is 2.15. The minimum absolute atomic E-state index is 0.155. The molecule has 0 atom stereocenters. The monoisotopic (exact) mass is 407 g/mol.